The van der Waals surface area contributed by atoms with Gasteiger partial charge in [0.25, 0.3) is 0 Å². The molecule has 0 saturated heterocycles. The van der Waals surface area contributed by atoms with E-state index in [1.807, 2.05) is 92.7 Å². The van der Waals surface area contributed by atoms with Crippen LogP contribution in [0.25, 0.3) is 0 Å². The second-order valence-electron chi connectivity index (χ2n) is 10.9. The summed E-state index contributed by atoms with van der Waals surface area (Å²) < 4.78 is 5.54. The predicted molar refractivity (Wildman–Crippen MR) is 162 cm³/mol. The Morgan fingerprint density at radius 3 is 1.93 bits per heavy atom. The van der Waals surface area contributed by atoms with Crippen LogP contribution >= 0.6 is 0 Å². The third kappa shape index (κ3) is 11.6. The van der Waals surface area contributed by atoms with Crippen molar-refractivity contribution in [3.63, 3.8) is 0 Å². The van der Waals surface area contributed by atoms with Gasteiger partial charge in [0.2, 0.25) is 11.8 Å². The number of hydrogen-bond acceptors (Lipinski definition) is 5. The molecule has 0 heterocycles. The van der Waals surface area contributed by atoms with Crippen LogP contribution in [0.1, 0.15) is 56.2 Å². The SMILES string of the molecule is CC(C)C[C@@H](NC(=O)[C@@H](CCc1ccccc1)NC(=O)CNC[C@@H](C)c1ccccc1)C(=O)OCc1ccccc1. The maximum atomic E-state index is 13.5. The highest BCUT2D eigenvalue weighted by molar-refractivity contribution is 5.91. The Morgan fingerprint density at radius 2 is 1.32 bits per heavy atom. The summed E-state index contributed by atoms with van der Waals surface area (Å²) in [5, 5.41) is 8.96. The first kappa shape index (κ1) is 31.6. The van der Waals surface area contributed by atoms with Gasteiger partial charge in [0, 0.05) is 6.54 Å². The maximum absolute atomic E-state index is 13.5. The van der Waals surface area contributed by atoms with Crippen LogP contribution < -0.4 is 16.0 Å². The summed E-state index contributed by atoms with van der Waals surface area (Å²) in [7, 11) is 0. The quantitative estimate of drug-likeness (QED) is 0.221. The van der Waals surface area contributed by atoms with Gasteiger partial charge in [-0.1, -0.05) is 112 Å². The van der Waals surface area contributed by atoms with E-state index in [0.29, 0.717) is 25.8 Å². The van der Waals surface area contributed by atoms with E-state index in [0.717, 1.165) is 11.1 Å². The van der Waals surface area contributed by atoms with Crippen molar-refractivity contribution in [1.82, 2.24) is 16.0 Å². The first-order valence-corrected chi connectivity index (χ1v) is 14.4. The number of amides is 2. The third-order valence-corrected chi connectivity index (χ3v) is 6.85. The molecule has 0 bridgehead atoms. The first-order valence-electron chi connectivity index (χ1n) is 14.4. The minimum Gasteiger partial charge on any atom is -0.459 e. The molecule has 218 valence electrons. The van der Waals surface area contributed by atoms with Crippen LogP contribution in [0.4, 0.5) is 0 Å². The Morgan fingerprint density at radius 1 is 0.732 bits per heavy atom. The Hall–Kier alpha value is -3.97. The summed E-state index contributed by atoms with van der Waals surface area (Å²) in [6.45, 7) is 6.91. The molecule has 3 rings (SSSR count). The fourth-order valence-corrected chi connectivity index (χ4v) is 4.56. The van der Waals surface area contributed by atoms with Gasteiger partial charge >= 0.3 is 5.97 Å². The van der Waals surface area contributed by atoms with Gasteiger partial charge in [-0.2, -0.15) is 0 Å². The fourth-order valence-electron chi connectivity index (χ4n) is 4.56. The minimum absolute atomic E-state index is 0.0842. The summed E-state index contributed by atoms with van der Waals surface area (Å²) in [5.41, 5.74) is 3.13. The lowest BCUT2D eigenvalue weighted by Crippen LogP contribution is -2.53. The minimum atomic E-state index is -0.813. The van der Waals surface area contributed by atoms with Crippen LogP contribution in [0.2, 0.25) is 0 Å². The lowest BCUT2D eigenvalue weighted by molar-refractivity contribution is -0.149. The molecule has 41 heavy (non-hydrogen) atoms. The standard InChI is InChI=1S/C34H43N3O4/c1-25(2)21-31(34(40)41-24-28-15-9-5-10-16-28)37-33(39)30(20-19-27-13-7-4-8-14-27)36-32(38)23-35-22-26(3)29-17-11-6-12-18-29/h4-18,25-26,30-31,35H,19-24H2,1-3H3,(H,36,38)(H,37,39)/t26-,30-,31-/m1/s1. The number of carbonyl (C=O) groups is 3. The van der Waals surface area contributed by atoms with Crippen LogP contribution in [0.3, 0.4) is 0 Å². The van der Waals surface area contributed by atoms with Gasteiger partial charge in [0.05, 0.1) is 6.54 Å². The molecule has 0 radical (unpaired) electrons. The number of rotatable bonds is 16. The highest BCUT2D eigenvalue weighted by Crippen LogP contribution is 2.13. The number of carbonyl (C=O) groups excluding carboxylic acids is 3. The zero-order valence-corrected chi connectivity index (χ0v) is 24.3. The van der Waals surface area contributed by atoms with Crippen LogP contribution in [0, 0.1) is 5.92 Å². The Labute approximate surface area is 244 Å². The molecule has 7 nitrogen and oxygen atoms in total. The molecule has 0 spiro atoms. The van der Waals surface area contributed by atoms with E-state index in [1.165, 1.54) is 5.56 Å². The molecule has 0 fully saturated rings. The van der Waals surface area contributed by atoms with E-state index in [1.54, 1.807) is 0 Å². The van der Waals surface area contributed by atoms with Crippen molar-refractivity contribution in [2.45, 2.75) is 64.6 Å². The van der Waals surface area contributed by atoms with Gasteiger partial charge in [0.1, 0.15) is 18.7 Å². The number of hydrogen-bond donors (Lipinski definition) is 3. The fraction of sp³-hybridized carbons (Fsp3) is 0.382. The van der Waals surface area contributed by atoms with E-state index >= 15 is 0 Å². The highest BCUT2D eigenvalue weighted by Gasteiger charge is 2.28. The number of aryl methyl sites for hydroxylation is 1. The van der Waals surface area contributed by atoms with E-state index in [9.17, 15) is 14.4 Å². The van der Waals surface area contributed by atoms with Crippen molar-refractivity contribution in [1.29, 1.82) is 0 Å². The lowest BCUT2D eigenvalue weighted by atomic mass is 10.0. The third-order valence-electron chi connectivity index (χ3n) is 6.85. The predicted octanol–water partition coefficient (Wildman–Crippen LogP) is 4.77. The molecule has 0 saturated carbocycles. The highest BCUT2D eigenvalue weighted by atomic mass is 16.5. The zero-order chi connectivity index (χ0) is 29.5. The van der Waals surface area contributed by atoms with Crippen LogP contribution in [-0.2, 0) is 32.1 Å². The summed E-state index contributed by atoms with van der Waals surface area (Å²) >= 11 is 0. The molecule has 3 atom stereocenters. The largest absolute Gasteiger partial charge is 0.459 e. The normalized spacial score (nSPS) is 13.2. The van der Waals surface area contributed by atoms with Crippen molar-refractivity contribution < 1.29 is 19.1 Å². The lowest BCUT2D eigenvalue weighted by Gasteiger charge is -2.24. The van der Waals surface area contributed by atoms with Gasteiger partial charge in [-0.3, -0.25) is 9.59 Å². The van der Waals surface area contributed by atoms with Crippen LogP contribution in [-0.4, -0.2) is 43.0 Å². The molecular weight excluding hydrogens is 514 g/mol. The number of esters is 1. The van der Waals surface area contributed by atoms with Crippen molar-refractivity contribution >= 4 is 17.8 Å². The molecule has 0 aliphatic heterocycles. The van der Waals surface area contributed by atoms with Crippen molar-refractivity contribution in [3.05, 3.63) is 108 Å². The molecule has 3 aromatic rings. The molecule has 3 aromatic carbocycles. The Kier molecular flexibility index (Phi) is 13.1. The average molecular weight is 558 g/mol. The van der Waals surface area contributed by atoms with Crippen LogP contribution in [0.15, 0.2) is 91.0 Å². The molecule has 0 unspecified atom stereocenters. The number of benzene rings is 3. The van der Waals surface area contributed by atoms with Gasteiger partial charge in [-0.25, -0.2) is 4.79 Å². The van der Waals surface area contributed by atoms with E-state index in [4.69, 9.17) is 4.74 Å². The summed E-state index contributed by atoms with van der Waals surface area (Å²) in [6.07, 6.45) is 1.43. The van der Waals surface area contributed by atoms with E-state index in [2.05, 4.69) is 35.0 Å². The number of nitrogens with one attached hydrogen (secondary N) is 3. The van der Waals surface area contributed by atoms with Crippen molar-refractivity contribution in [3.8, 4) is 0 Å². The summed E-state index contributed by atoms with van der Waals surface area (Å²) in [6, 6.07) is 27.7. The Balaban J connectivity index is 1.61. The Bertz CT molecular complexity index is 1200. The van der Waals surface area contributed by atoms with Gasteiger partial charge in [-0.15, -0.1) is 0 Å². The topological polar surface area (TPSA) is 96.5 Å². The summed E-state index contributed by atoms with van der Waals surface area (Å²) in [5.74, 6) is -0.766. The molecule has 0 aromatic heterocycles. The molecule has 7 heteroatoms. The van der Waals surface area contributed by atoms with Gasteiger partial charge in [-0.05, 0) is 47.8 Å². The van der Waals surface area contributed by atoms with Gasteiger partial charge < -0.3 is 20.7 Å². The molecule has 3 N–H and O–H groups in total. The molecule has 0 aliphatic rings. The van der Waals surface area contributed by atoms with E-state index < -0.39 is 24.0 Å². The van der Waals surface area contributed by atoms with Gasteiger partial charge in [0.15, 0.2) is 0 Å². The second-order valence-corrected chi connectivity index (χ2v) is 10.9. The summed E-state index contributed by atoms with van der Waals surface area (Å²) in [4.78, 5) is 39.4. The van der Waals surface area contributed by atoms with E-state index in [-0.39, 0.29) is 30.9 Å². The first-order chi connectivity index (χ1) is 19.8. The van der Waals surface area contributed by atoms with Crippen molar-refractivity contribution in [2.75, 3.05) is 13.1 Å². The smallest absolute Gasteiger partial charge is 0.328 e. The molecule has 2 amide bonds. The zero-order valence-electron chi connectivity index (χ0n) is 24.3. The van der Waals surface area contributed by atoms with Crippen molar-refractivity contribution in [2.24, 2.45) is 5.92 Å². The maximum Gasteiger partial charge on any atom is 0.328 e. The molecule has 0 aliphatic carbocycles. The number of ether oxygens (including phenoxy) is 1. The monoisotopic (exact) mass is 557 g/mol. The van der Waals surface area contributed by atoms with Crippen LogP contribution in [0.5, 0.6) is 0 Å². The second kappa shape index (κ2) is 17.0. The average Bonchev–Trinajstić information content (AvgIpc) is 2.98. The molecular formula is C34H43N3O4.